The van der Waals surface area contributed by atoms with Gasteiger partial charge in [0.2, 0.25) is 0 Å². The molecule has 0 radical (unpaired) electrons. The lowest BCUT2D eigenvalue weighted by atomic mass is 10.2. The van der Waals surface area contributed by atoms with E-state index in [-0.39, 0.29) is 11.4 Å². The molecule has 0 saturated heterocycles. The van der Waals surface area contributed by atoms with Gasteiger partial charge in [0.05, 0.1) is 29.5 Å². The Hall–Kier alpha value is -4.06. The smallest absolute Gasteiger partial charge is 0.270 e. The van der Waals surface area contributed by atoms with Gasteiger partial charge in [-0.05, 0) is 42.5 Å². The van der Waals surface area contributed by atoms with Gasteiger partial charge in [-0.25, -0.2) is 17.2 Å². The summed E-state index contributed by atoms with van der Waals surface area (Å²) in [6.45, 7) is 0. The van der Waals surface area contributed by atoms with Crippen LogP contribution >= 0.6 is 0 Å². The molecule has 0 atom stereocenters. The lowest BCUT2D eigenvalue weighted by Crippen LogP contribution is -2.15. The molecule has 0 amide bonds. The number of nitrogens with zero attached hydrogens (tertiary/aromatic N) is 2. The Morgan fingerprint density at radius 2 is 1.72 bits per heavy atom. The number of non-ortho nitro benzene ring substituents is 1. The fourth-order valence-corrected chi connectivity index (χ4v) is 3.84. The van der Waals surface area contributed by atoms with Gasteiger partial charge in [0.15, 0.2) is 0 Å². The third-order valence-corrected chi connectivity index (χ3v) is 5.61. The van der Waals surface area contributed by atoms with Crippen molar-refractivity contribution in [2.24, 2.45) is 5.10 Å². The number of nitro groups is 1. The normalized spacial score (nSPS) is 11.3. The van der Waals surface area contributed by atoms with Crippen LogP contribution in [0.2, 0.25) is 0 Å². The number of sulfonamides is 1. The molecule has 0 aromatic heterocycles. The van der Waals surface area contributed by atoms with E-state index in [1.165, 1.54) is 37.4 Å². The van der Waals surface area contributed by atoms with Gasteiger partial charge < -0.3 is 4.74 Å². The van der Waals surface area contributed by atoms with E-state index in [0.29, 0.717) is 5.75 Å². The van der Waals surface area contributed by atoms with Gasteiger partial charge in [0, 0.05) is 17.8 Å². The molecule has 9 nitrogen and oxygen atoms in total. The summed E-state index contributed by atoms with van der Waals surface area (Å²) in [5.41, 5.74) is 1.48. The van der Waals surface area contributed by atoms with Gasteiger partial charge in [0.1, 0.15) is 22.3 Å². The Kier molecular flexibility index (Phi) is 6.64. The Morgan fingerprint density at radius 1 is 1.06 bits per heavy atom. The molecule has 0 spiro atoms. The second-order valence-electron chi connectivity index (χ2n) is 6.28. The van der Waals surface area contributed by atoms with Crippen molar-refractivity contribution < 1.29 is 26.9 Å². The van der Waals surface area contributed by atoms with Crippen LogP contribution in [0.5, 0.6) is 5.75 Å². The Balaban J connectivity index is 1.95. The molecule has 3 aromatic rings. The van der Waals surface area contributed by atoms with E-state index < -0.39 is 42.7 Å². The molecule has 12 heteroatoms. The highest BCUT2D eigenvalue weighted by Gasteiger charge is 2.23. The maximum absolute atomic E-state index is 13.7. The van der Waals surface area contributed by atoms with E-state index in [1.807, 2.05) is 0 Å². The standard InChI is InChI=1S/C20H16F2N4O5S/c1-31-15-8-5-13(6-9-15)25-32(29,30)20-11-14(26(27)28)7-10-19(20)24-23-12-16-17(21)3-2-4-18(16)22/h2-12,24-25H,1H3/b23-12-. The van der Waals surface area contributed by atoms with Crippen molar-refractivity contribution in [1.82, 2.24) is 0 Å². The Labute approximate surface area is 181 Å². The van der Waals surface area contributed by atoms with E-state index in [1.54, 1.807) is 0 Å². The highest BCUT2D eigenvalue weighted by Crippen LogP contribution is 2.29. The van der Waals surface area contributed by atoms with Gasteiger partial charge in [0.25, 0.3) is 15.7 Å². The average Bonchev–Trinajstić information content (AvgIpc) is 2.76. The van der Waals surface area contributed by atoms with Gasteiger partial charge in [-0.3, -0.25) is 20.3 Å². The number of hydrogen-bond donors (Lipinski definition) is 2. The van der Waals surface area contributed by atoms with Crippen LogP contribution in [0.15, 0.2) is 70.7 Å². The molecule has 0 unspecified atom stereocenters. The number of anilines is 2. The van der Waals surface area contributed by atoms with Crippen molar-refractivity contribution in [2.75, 3.05) is 17.3 Å². The molecule has 0 heterocycles. The lowest BCUT2D eigenvalue weighted by Gasteiger charge is -2.12. The van der Waals surface area contributed by atoms with Crippen LogP contribution in [0.3, 0.4) is 0 Å². The van der Waals surface area contributed by atoms with Crippen LogP contribution in [0, 0.1) is 21.7 Å². The van der Waals surface area contributed by atoms with Gasteiger partial charge in [-0.2, -0.15) is 5.10 Å². The van der Waals surface area contributed by atoms with Crippen molar-refractivity contribution >= 4 is 33.3 Å². The molecular weight excluding hydrogens is 446 g/mol. The number of hydrogen-bond acceptors (Lipinski definition) is 7. The number of hydrazone groups is 1. The Bertz CT molecular complexity index is 1260. The third kappa shape index (κ3) is 5.16. The quantitative estimate of drug-likeness (QED) is 0.295. The van der Waals surface area contributed by atoms with E-state index in [0.717, 1.165) is 36.5 Å². The highest BCUT2D eigenvalue weighted by molar-refractivity contribution is 7.92. The molecule has 0 aliphatic carbocycles. The number of halogens is 2. The Morgan fingerprint density at radius 3 is 2.31 bits per heavy atom. The molecule has 0 saturated carbocycles. The van der Waals surface area contributed by atoms with E-state index in [4.69, 9.17) is 4.74 Å². The molecule has 3 rings (SSSR count). The molecule has 32 heavy (non-hydrogen) atoms. The average molecular weight is 462 g/mol. The molecule has 0 fully saturated rings. The molecule has 0 aliphatic rings. The number of nitro benzene ring substituents is 1. The van der Waals surface area contributed by atoms with Gasteiger partial charge >= 0.3 is 0 Å². The van der Waals surface area contributed by atoms with Crippen LogP contribution in [0.25, 0.3) is 0 Å². The minimum atomic E-state index is -4.31. The maximum Gasteiger partial charge on any atom is 0.270 e. The van der Waals surface area contributed by atoms with Crippen molar-refractivity contribution in [1.29, 1.82) is 0 Å². The van der Waals surface area contributed by atoms with Gasteiger partial charge in [-0.1, -0.05) is 6.07 Å². The summed E-state index contributed by atoms with van der Waals surface area (Å²) in [4.78, 5) is 9.89. The summed E-state index contributed by atoms with van der Waals surface area (Å²) in [5, 5.41) is 14.8. The molecule has 0 bridgehead atoms. The van der Waals surface area contributed by atoms with Crippen LogP contribution in [-0.2, 0) is 10.0 Å². The second kappa shape index (κ2) is 9.39. The molecule has 166 valence electrons. The number of ether oxygens (including phenoxy) is 1. The van der Waals surface area contributed by atoms with Crippen molar-refractivity contribution in [3.63, 3.8) is 0 Å². The monoisotopic (exact) mass is 462 g/mol. The third-order valence-electron chi connectivity index (χ3n) is 4.19. The molecule has 3 aromatic carbocycles. The van der Waals surface area contributed by atoms with Crippen LogP contribution in [0.4, 0.5) is 25.8 Å². The summed E-state index contributed by atoms with van der Waals surface area (Å²) < 4.78 is 60.6. The zero-order valence-corrected chi connectivity index (χ0v) is 17.3. The number of benzene rings is 3. The van der Waals surface area contributed by atoms with Gasteiger partial charge in [-0.15, -0.1) is 0 Å². The maximum atomic E-state index is 13.7. The predicted octanol–water partition coefficient (Wildman–Crippen LogP) is 4.13. The minimum Gasteiger partial charge on any atom is -0.497 e. The molecular formula is C20H16F2N4O5S. The van der Waals surface area contributed by atoms with E-state index >= 15 is 0 Å². The fraction of sp³-hybridized carbons (Fsp3) is 0.0500. The number of rotatable bonds is 8. The first-order valence-corrected chi connectivity index (χ1v) is 10.4. The number of nitrogens with one attached hydrogen (secondary N) is 2. The SMILES string of the molecule is COc1ccc(NS(=O)(=O)c2cc([N+](=O)[O-])ccc2N/N=C\c2c(F)cccc2F)cc1. The first kappa shape index (κ1) is 22.6. The zero-order valence-electron chi connectivity index (χ0n) is 16.5. The van der Waals surface area contributed by atoms with Crippen LogP contribution in [-0.4, -0.2) is 26.7 Å². The first-order valence-electron chi connectivity index (χ1n) is 8.89. The molecule has 2 N–H and O–H groups in total. The van der Waals surface area contributed by atoms with Crippen LogP contribution < -0.4 is 14.9 Å². The van der Waals surface area contributed by atoms with Crippen molar-refractivity contribution in [3.05, 3.63) is 88.0 Å². The van der Waals surface area contributed by atoms with E-state index in [2.05, 4.69) is 15.2 Å². The topological polar surface area (TPSA) is 123 Å². The van der Waals surface area contributed by atoms with E-state index in [9.17, 15) is 27.3 Å². The summed E-state index contributed by atoms with van der Waals surface area (Å²) in [6.07, 6.45) is 0.833. The predicted molar refractivity (Wildman–Crippen MR) is 114 cm³/mol. The summed E-state index contributed by atoms with van der Waals surface area (Å²) >= 11 is 0. The summed E-state index contributed by atoms with van der Waals surface area (Å²) in [7, 11) is -2.86. The lowest BCUT2D eigenvalue weighted by molar-refractivity contribution is -0.385. The minimum absolute atomic E-state index is 0.149. The van der Waals surface area contributed by atoms with Crippen molar-refractivity contribution in [2.45, 2.75) is 4.90 Å². The fourth-order valence-electron chi connectivity index (χ4n) is 2.61. The first-order chi connectivity index (χ1) is 15.2. The summed E-state index contributed by atoms with van der Waals surface area (Å²) in [5.74, 6) is -1.23. The van der Waals surface area contributed by atoms with Crippen LogP contribution in [0.1, 0.15) is 5.56 Å². The zero-order chi connectivity index (χ0) is 23.3. The summed E-state index contributed by atoms with van der Waals surface area (Å²) in [6, 6.07) is 12.2. The largest absolute Gasteiger partial charge is 0.497 e. The molecule has 0 aliphatic heterocycles. The second-order valence-corrected chi connectivity index (χ2v) is 7.93. The van der Waals surface area contributed by atoms with Crippen molar-refractivity contribution in [3.8, 4) is 5.75 Å². The highest BCUT2D eigenvalue weighted by atomic mass is 32.2. The number of methoxy groups -OCH3 is 1.